The largest absolute Gasteiger partial charge is 0.480 e. The second-order valence-electron chi connectivity index (χ2n) is 7.36. The molecule has 0 amide bonds. The van der Waals surface area contributed by atoms with Crippen LogP contribution in [0.2, 0.25) is 0 Å². The number of carboxylic acids is 1. The van der Waals surface area contributed by atoms with Gasteiger partial charge in [0.25, 0.3) is 0 Å². The van der Waals surface area contributed by atoms with Crippen molar-refractivity contribution in [3.63, 3.8) is 0 Å². The Labute approximate surface area is 129 Å². The molecule has 4 nitrogen and oxygen atoms in total. The van der Waals surface area contributed by atoms with Crippen molar-refractivity contribution in [2.75, 3.05) is 19.6 Å². The van der Waals surface area contributed by atoms with Crippen molar-refractivity contribution in [2.45, 2.75) is 70.9 Å². The smallest absolute Gasteiger partial charge is 0.323 e. The van der Waals surface area contributed by atoms with Crippen LogP contribution in [0.4, 0.5) is 0 Å². The van der Waals surface area contributed by atoms with Gasteiger partial charge < -0.3 is 10.0 Å². The summed E-state index contributed by atoms with van der Waals surface area (Å²) in [7, 11) is 0. The normalized spacial score (nSPS) is 26.2. The minimum Gasteiger partial charge on any atom is -0.480 e. The van der Waals surface area contributed by atoms with E-state index >= 15 is 0 Å². The fourth-order valence-corrected chi connectivity index (χ4v) is 3.50. The van der Waals surface area contributed by atoms with Gasteiger partial charge in [-0.15, -0.1) is 0 Å². The molecule has 21 heavy (non-hydrogen) atoms. The lowest BCUT2D eigenvalue weighted by atomic mass is 9.90. The molecule has 0 aromatic carbocycles. The van der Waals surface area contributed by atoms with E-state index in [0.717, 1.165) is 44.1 Å². The van der Waals surface area contributed by atoms with E-state index in [1.54, 1.807) is 0 Å². The highest BCUT2D eigenvalue weighted by molar-refractivity contribution is 5.78. The summed E-state index contributed by atoms with van der Waals surface area (Å²) in [4.78, 5) is 14.2. The Morgan fingerprint density at radius 3 is 2.57 bits per heavy atom. The van der Waals surface area contributed by atoms with Gasteiger partial charge in [0.05, 0.1) is 0 Å². The molecule has 0 aromatic heterocycles. The summed E-state index contributed by atoms with van der Waals surface area (Å²) in [6, 6.07) is 0.443. The number of rotatable bonds is 9. The van der Waals surface area contributed by atoms with Crippen LogP contribution >= 0.6 is 0 Å². The topological polar surface area (TPSA) is 52.6 Å². The summed E-state index contributed by atoms with van der Waals surface area (Å²) in [5, 5.41) is 13.0. The maximum atomic E-state index is 11.7. The van der Waals surface area contributed by atoms with E-state index in [2.05, 4.69) is 24.1 Å². The highest BCUT2D eigenvalue weighted by Crippen LogP contribution is 2.28. The van der Waals surface area contributed by atoms with Crippen molar-refractivity contribution in [3.8, 4) is 0 Å². The van der Waals surface area contributed by atoms with E-state index in [1.807, 2.05) is 6.92 Å². The lowest BCUT2D eigenvalue weighted by molar-refractivity contribution is -0.145. The predicted molar refractivity (Wildman–Crippen MR) is 85.4 cm³/mol. The number of carbonyl (C=O) groups is 1. The molecule has 1 heterocycles. The van der Waals surface area contributed by atoms with Crippen LogP contribution in [0.3, 0.4) is 0 Å². The lowest BCUT2D eigenvalue weighted by Gasteiger charge is -2.30. The third-order valence-electron chi connectivity index (χ3n) is 5.40. The van der Waals surface area contributed by atoms with Crippen molar-refractivity contribution in [2.24, 2.45) is 11.8 Å². The summed E-state index contributed by atoms with van der Waals surface area (Å²) in [5.74, 6) is 0.920. The van der Waals surface area contributed by atoms with Crippen LogP contribution in [0.5, 0.6) is 0 Å². The molecule has 122 valence electrons. The molecule has 0 aromatic rings. The SMILES string of the molecule is CCC(CCCN1CCC(C(C)C)C1)(NC1CC1)C(=O)O. The van der Waals surface area contributed by atoms with E-state index in [9.17, 15) is 9.90 Å². The fraction of sp³-hybridized carbons (Fsp3) is 0.941. The molecule has 2 fully saturated rings. The van der Waals surface area contributed by atoms with Gasteiger partial charge in [-0.1, -0.05) is 20.8 Å². The van der Waals surface area contributed by atoms with E-state index in [4.69, 9.17) is 0 Å². The van der Waals surface area contributed by atoms with Gasteiger partial charge >= 0.3 is 5.97 Å². The highest BCUT2D eigenvalue weighted by atomic mass is 16.4. The monoisotopic (exact) mass is 296 g/mol. The summed E-state index contributed by atoms with van der Waals surface area (Å²) in [6.45, 7) is 10.0. The quantitative estimate of drug-likeness (QED) is 0.687. The molecule has 2 rings (SSSR count). The average molecular weight is 296 g/mol. The number of hydrogen-bond donors (Lipinski definition) is 2. The van der Waals surface area contributed by atoms with Gasteiger partial charge in [-0.3, -0.25) is 10.1 Å². The number of nitrogens with one attached hydrogen (secondary N) is 1. The van der Waals surface area contributed by atoms with Crippen molar-refractivity contribution in [1.82, 2.24) is 10.2 Å². The Hall–Kier alpha value is -0.610. The molecular weight excluding hydrogens is 264 g/mol. The molecule has 2 aliphatic rings. The zero-order chi connectivity index (χ0) is 15.5. The third-order valence-corrected chi connectivity index (χ3v) is 5.40. The second-order valence-corrected chi connectivity index (χ2v) is 7.36. The molecule has 0 radical (unpaired) electrons. The van der Waals surface area contributed by atoms with Crippen molar-refractivity contribution in [1.29, 1.82) is 0 Å². The van der Waals surface area contributed by atoms with Crippen LogP contribution < -0.4 is 5.32 Å². The van der Waals surface area contributed by atoms with Crippen molar-refractivity contribution < 1.29 is 9.90 Å². The molecule has 1 saturated carbocycles. The van der Waals surface area contributed by atoms with Crippen LogP contribution in [0.15, 0.2) is 0 Å². The second kappa shape index (κ2) is 7.10. The Balaban J connectivity index is 1.78. The zero-order valence-corrected chi connectivity index (χ0v) is 13.9. The first kappa shape index (κ1) is 16.8. The third kappa shape index (κ3) is 4.43. The number of carboxylic acid groups (broad SMARTS) is 1. The van der Waals surface area contributed by atoms with Crippen molar-refractivity contribution >= 4 is 5.97 Å². The number of hydrogen-bond acceptors (Lipinski definition) is 3. The lowest BCUT2D eigenvalue weighted by Crippen LogP contribution is -2.53. The van der Waals surface area contributed by atoms with Gasteiger partial charge in [0.2, 0.25) is 0 Å². The molecular formula is C17H32N2O2. The van der Waals surface area contributed by atoms with Gasteiger partial charge in [0.1, 0.15) is 5.54 Å². The number of likely N-dealkylation sites (tertiary alicyclic amines) is 1. The first-order chi connectivity index (χ1) is 9.97. The molecule has 1 aliphatic heterocycles. The van der Waals surface area contributed by atoms with Crippen molar-refractivity contribution in [3.05, 3.63) is 0 Å². The average Bonchev–Trinajstić information content (AvgIpc) is 3.11. The summed E-state index contributed by atoms with van der Waals surface area (Å²) in [6.07, 6.45) is 5.97. The molecule has 1 aliphatic carbocycles. The maximum Gasteiger partial charge on any atom is 0.323 e. The first-order valence-electron chi connectivity index (χ1n) is 8.70. The minimum absolute atomic E-state index is 0.443. The van der Waals surface area contributed by atoms with E-state index in [-0.39, 0.29) is 0 Å². The highest BCUT2D eigenvalue weighted by Gasteiger charge is 2.40. The Morgan fingerprint density at radius 1 is 1.38 bits per heavy atom. The molecule has 0 spiro atoms. The Kier molecular flexibility index (Phi) is 5.67. The van der Waals surface area contributed by atoms with Crippen LogP contribution in [0, 0.1) is 11.8 Å². The molecule has 2 N–H and O–H groups in total. The molecule has 2 atom stereocenters. The van der Waals surface area contributed by atoms with E-state index < -0.39 is 11.5 Å². The Bertz CT molecular complexity index is 355. The van der Waals surface area contributed by atoms with Gasteiger partial charge in [-0.25, -0.2) is 0 Å². The number of nitrogens with zero attached hydrogens (tertiary/aromatic N) is 1. The standard InChI is InChI=1S/C17H32N2O2/c1-4-17(16(20)21,18-15-6-7-15)9-5-10-19-11-8-14(12-19)13(2)3/h13-15,18H,4-12H2,1-3H3,(H,20,21). The Morgan fingerprint density at radius 2 is 2.10 bits per heavy atom. The van der Waals surface area contributed by atoms with E-state index in [1.165, 1.54) is 19.5 Å². The molecule has 4 heteroatoms. The van der Waals surface area contributed by atoms with Gasteiger partial charge in [-0.2, -0.15) is 0 Å². The summed E-state index contributed by atoms with van der Waals surface area (Å²) < 4.78 is 0. The van der Waals surface area contributed by atoms with Gasteiger partial charge in [0, 0.05) is 12.6 Å². The predicted octanol–water partition coefficient (Wildman–Crippen LogP) is 2.73. The molecule has 1 saturated heterocycles. The zero-order valence-electron chi connectivity index (χ0n) is 13.9. The minimum atomic E-state index is -0.696. The summed E-state index contributed by atoms with van der Waals surface area (Å²) >= 11 is 0. The molecule has 0 bridgehead atoms. The summed E-state index contributed by atoms with van der Waals surface area (Å²) in [5.41, 5.74) is -0.696. The fourth-order valence-electron chi connectivity index (χ4n) is 3.50. The number of aliphatic carboxylic acids is 1. The van der Waals surface area contributed by atoms with Crippen LogP contribution in [0.25, 0.3) is 0 Å². The van der Waals surface area contributed by atoms with Gasteiger partial charge in [-0.05, 0) is 63.5 Å². The maximum absolute atomic E-state index is 11.7. The van der Waals surface area contributed by atoms with Gasteiger partial charge in [0.15, 0.2) is 0 Å². The van der Waals surface area contributed by atoms with Crippen LogP contribution in [0.1, 0.15) is 59.3 Å². The van der Waals surface area contributed by atoms with E-state index in [0.29, 0.717) is 12.5 Å². The first-order valence-corrected chi connectivity index (χ1v) is 8.70. The van der Waals surface area contributed by atoms with Crippen LogP contribution in [-0.4, -0.2) is 47.2 Å². The molecule has 2 unspecified atom stereocenters. The van der Waals surface area contributed by atoms with Crippen LogP contribution in [-0.2, 0) is 4.79 Å².